The highest BCUT2D eigenvalue weighted by molar-refractivity contribution is 5.96. The number of Topliss-reactive ketones (excluding diaryl/α,β-unsaturated/α-hetero) is 1. The first-order valence-electron chi connectivity index (χ1n) is 11.5. The number of carbonyl (C=O) groups excluding carboxylic acids is 2. The average Bonchev–Trinajstić information content (AvgIpc) is 3.19. The van der Waals surface area contributed by atoms with Crippen LogP contribution in [0.3, 0.4) is 0 Å². The summed E-state index contributed by atoms with van der Waals surface area (Å²) in [4.78, 5) is 29.8. The minimum absolute atomic E-state index is 0.0313. The third-order valence-corrected chi connectivity index (χ3v) is 5.81. The number of aryl methyl sites for hydroxylation is 2. The number of para-hydroxylation sites is 2. The van der Waals surface area contributed by atoms with Gasteiger partial charge in [0.15, 0.2) is 5.78 Å². The quantitative estimate of drug-likeness (QED) is 0.267. The van der Waals surface area contributed by atoms with Gasteiger partial charge in [0.2, 0.25) is 0 Å². The van der Waals surface area contributed by atoms with Crippen molar-refractivity contribution in [1.82, 2.24) is 14.9 Å². The van der Waals surface area contributed by atoms with Crippen molar-refractivity contribution in [3.63, 3.8) is 0 Å². The monoisotopic (exact) mass is 439 g/mol. The van der Waals surface area contributed by atoms with Crippen molar-refractivity contribution in [2.45, 2.75) is 39.2 Å². The third-order valence-electron chi connectivity index (χ3n) is 5.81. The Morgan fingerprint density at radius 2 is 1.55 bits per heavy atom. The lowest BCUT2D eigenvalue weighted by molar-refractivity contribution is 0.0950. The third kappa shape index (κ3) is 5.75. The second-order valence-corrected chi connectivity index (χ2v) is 8.32. The van der Waals surface area contributed by atoms with E-state index < -0.39 is 0 Å². The zero-order chi connectivity index (χ0) is 23.0. The van der Waals surface area contributed by atoms with Gasteiger partial charge < -0.3 is 9.88 Å². The standard InChI is InChI=1S/C28H29N3O2/c1-21-15-17-23(18-16-21)28(33)29-19-9-3-6-14-27-30-24-12-7-8-13-25(24)31(27)20-26(32)22-10-4-2-5-11-22/h2,4-5,7-8,10-13,15-18H,3,6,9,14,19-20H2,1H3,(H,29,33). The second-order valence-electron chi connectivity index (χ2n) is 8.32. The van der Waals surface area contributed by atoms with E-state index in [4.69, 9.17) is 4.98 Å². The molecule has 168 valence electrons. The highest BCUT2D eigenvalue weighted by Crippen LogP contribution is 2.19. The highest BCUT2D eigenvalue weighted by Gasteiger charge is 2.14. The van der Waals surface area contributed by atoms with Crippen LogP contribution in [0, 0.1) is 6.92 Å². The van der Waals surface area contributed by atoms with Gasteiger partial charge in [0.1, 0.15) is 5.82 Å². The Balaban J connectivity index is 1.32. The van der Waals surface area contributed by atoms with Crippen LogP contribution in [-0.2, 0) is 13.0 Å². The number of hydrogen-bond acceptors (Lipinski definition) is 3. The fraction of sp³-hybridized carbons (Fsp3) is 0.250. The van der Waals surface area contributed by atoms with Crippen LogP contribution in [0.1, 0.15) is 51.4 Å². The van der Waals surface area contributed by atoms with Gasteiger partial charge in [-0.05, 0) is 44.0 Å². The number of rotatable bonds is 10. The van der Waals surface area contributed by atoms with Crippen molar-refractivity contribution in [1.29, 1.82) is 0 Å². The molecule has 0 spiro atoms. The molecule has 0 aliphatic carbocycles. The van der Waals surface area contributed by atoms with Crippen molar-refractivity contribution in [3.8, 4) is 0 Å². The molecule has 1 N–H and O–H groups in total. The van der Waals surface area contributed by atoms with Crippen molar-refractivity contribution >= 4 is 22.7 Å². The van der Waals surface area contributed by atoms with Gasteiger partial charge in [-0.25, -0.2) is 4.98 Å². The molecule has 5 heteroatoms. The Bertz CT molecular complexity index is 1230. The number of unbranched alkanes of at least 4 members (excludes halogenated alkanes) is 2. The molecule has 5 nitrogen and oxygen atoms in total. The van der Waals surface area contributed by atoms with E-state index in [1.165, 1.54) is 0 Å². The summed E-state index contributed by atoms with van der Waals surface area (Å²) in [5.74, 6) is 0.985. The summed E-state index contributed by atoms with van der Waals surface area (Å²) in [6, 6.07) is 25.0. The lowest BCUT2D eigenvalue weighted by Crippen LogP contribution is -2.24. The number of imidazole rings is 1. The first-order valence-corrected chi connectivity index (χ1v) is 11.5. The number of hydrogen-bond donors (Lipinski definition) is 1. The average molecular weight is 440 g/mol. The molecule has 4 rings (SSSR count). The first-order chi connectivity index (χ1) is 16.1. The molecule has 1 amide bonds. The van der Waals surface area contributed by atoms with E-state index in [2.05, 4.69) is 5.32 Å². The van der Waals surface area contributed by atoms with Gasteiger partial charge in [-0.15, -0.1) is 0 Å². The van der Waals surface area contributed by atoms with E-state index in [1.807, 2.05) is 90.4 Å². The molecular weight excluding hydrogens is 410 g/mol. The summed E-state index contributed by atoms with van der Waals surface area (Å²) in [7, 11) is 0. The largest absolute Gasteiger partial charge is 0.352 e. The molecule has 0 fully saturated rings. The summed E-state index contributed by atoms with van der Waals surface area (Å²) in [5.41, 5.74) is 4.45. The molecular formula is C28H29N3O2. The van der Waals surface area contributed by atoms with Gasteiger partial charge in [0.05, 0.1) is 17.6 Å². The van der Waals surface area contributed by atoms with Crippen molar-refractivity contribution in [2.24, 2.45) is 0 Å². The molecule has 0 aliphatic rings. The molecule has 1 heterocycles. The second kappa shape index (κ2) is 10.7. The summed E-state index contributed by atoms with van der Waals surface area (Å²) in [6.45, 7) is 2.94. The van der Waals surface area contributed by atoms with Crippen LogP contribution in [-0.4, -0.2) is 27.8 Å². The van der Waals surface area contributed by atoms with Crippen LogP contribution in [0.15, 0.2) is 78.9 Å². The molecule has 0 saturated carbocycles. The number of carbonyl (C=O) groups is 2. The number of amides is 1. The molecule has 0 unspecified atom stereocenters. The summed E-state index contributed by atoms with van der Waals surface area (Å²) in [5, 5.41) is 2.99. The summed E-state index contributed by atoms with van der Waals surface area (Å²) >= 11 is 0. The maximum atomic E-state index is 12.8. The van der Waals surface area contributed by atoms with E-state index in [0.717, 1.165) is 48.1 Å². The van der Waals surface area contributed by atoms with Crippen LogP contribution in [0.4, 0.5) is 0 Å². The lowest BCUT2D eigenvalue weighted by Gasteiger charge is -2.09. The Morgan fingerprint density at radius 1 is 0.818 bits per heavy atom. The van der Waals surface area contributed by atoms with Gasteiger partial charge in [0, 0.05) is 24.1 Å². The van der Waals surface area contributed by atoms with Gasteiger partial charge in [-0.1, -0.05) is 66.6 Å². The van der Waals surface area contributed by atoms with Gasteiger partial charge in [-0.3, -0.25) is 9.59 Å². The van der Waals surface area contributed by atoms with E-state index >= 15 is 0 Å². The zero-order valence-corrected chi connectivity index (χ0v) is 19.0. The molecule has 3 aromatic carbocycles. The molecule has 0 bridgehead atoms. The lowest BCUT2D eigenvalue weighted by atomic mass is 10.1. The van der Waals surface area contributed by atoms with Crippen molar-refractivity contribution in [2.75, 3.05) is 6.54 Å². The number of aromatic nitrogens is 2. The predicted molar refractivity (Wildman–Crippen MR) is 132 cm³/mol. The smallest absolute Gasteiger partial charge is 0.251 e. The van der Waals surface area contributed by atoms with E-state index in [1.54, 1.807) is 0 Å². The molecule has 0 radical (unpaired) electrons. The van der Waals surface area contributed by atoms with Crippen LogP contribution >= 0.6 is 0 Å². The Kier molecular flexibility index (Phi) is 7.30. The number of benzene rings is 3. The molecule has 33 heavy (non-hydrogen) atoms. The Morgan fingerprint density at radius 3 is 2.33 bits per heavy atom. The Hall–Kier alpha value is -3.73. The van der Waals surface area contributed by atoms with Crippen LogP contribution in [0.25, 0.3) is 11.0 Å². The molecule has 1 aromatic heterocycles. The molecule has 4 aromatic rings. The number of fused-ring (bicyclic) bond motifs is 1. The van der Waals surface area contributed by atoms with E-state index in [-0.39, 0.29) is 18.2 Å². The number of nitrogens with zero attached hydrogens (tertiary/aromatic N) is 2. The van der Waals surface area contributed by atoms with Crippen LogP contribution in [0.5, 0.6) is 0 Å². The maximum Gasteiger partial charge on any atom is 0.251 e. The van der Waals surface area contributed by atoms with Gasteiger partial charge in [-0.2, -0.15) is 0 Å². The first kappa shape index (κ1) is 22.5. The van der Waals surface area contributed by atoms with Crippen LogP contribution in [0.2, 0.25) is 0 Å². The molecule has 0 atom stereocenters. The molecule has 0 saturated heterocycles. The fourth-order valence-electron chi connectivity index (χ4n) is 3.95. The van der Waals surface area contributed by atoms with E-state index in [9.17, 15) is 9.59 Å². The van der Waals surface area contributed by atoms with E-state index in [0.29, 0.717) is 17.7 Å². The minimum Gasteiger partial charge on any atom is -0.352 e. The maximum absolute atomic E-state index is 12.8. The fourth-order valence-corrected chi connectivity index (χ4v) is 3.95. The van der Waals surface area contributed by atoms with Gasteiger partial charge in [0.25, 0.3) is 5.91 Å². The topological polar surface area (TPSA) is 64.0 Å². The SMILES string of the molecule is Cc1ccc(C(=O)NCCCCCc2nc3ccccc3n2CC(=O)c2ccccc2)cc1. The normalized spacial score (nSPS) is 10.9. The molecule has 0 aliphatic heterocycles. The van der Waals surface area contributed by atoms with Crippen LogP contribution < -0.4 is 5.32 Å². The number of ketones is 1. The van der Waals surface area contributed by atoms with Crippen molar-refractivity contribution < 1.29 is 9.59 Å². The predicted octanol–water partition coefficient (Wildman–Crippen LogP) is 5.37. The van der Waals surface area contributed by atoms with Gasteiger partial charge >= 0.3 is 0 Å². The minimum atomic E-state index is -0.0313. The summed E-state index contributed by atoms with van der Waals surface area (Å²) < 4.78 is 2.05. The number of nitrogens with one attached hydrogen (secondary N) is 1. The summed E-state index contributed by atoms with van der Waals surface area (Å²) in [6.07, 6.45) is 3.62. The van der Waals surface area contributed by atoms with Crippen molar-refractivity contribution in [3.05, 3.63) is 101 Å². The zero-order valence-electron chi connectivity index (χ0n) is 19.0. The highest BCUT2D eigenvalue weighted by atomic mass is 16.1. The Labute approximate surface area is 194 Å².